The normalized spacial score (nSPS) is 24.3. The van der Waals surface area contributed by atoms with Gasteiger partial charge in [0, 0.05) is 32.7 Å². The number of likely N-dealkylation sites (tertiary alicyclic amines) is 2. The molecule has 1 N–H and O–H groups in total. The van der Waals surface area contributed by atoms with E-state index in [9.17, 15) is 14.3 Å². The molecule has 2 rings (SSSR count). The lowest BCUT2D eigenvalue weighted by Gasteiger charge is -2.42. The van der Waals surface area contributed by atoms with E-state index in [2.05, 4.69) is 4.90 Å². The van der Waals surface area contributed by atoms with Crippen molar-refractivity contribution in [3.8, 4) is 0 Å². The van der Waals surface area contributed by atoms with Crippen LogP contribution in [0.3, 0.4) is 0 Å². The number of hydrogen-bond donors (Lipinski definition) is 1. The number of nitrogens with zero attached hydrogens (tertiary/aromatic N) is 2. The molecule has 0 spiro atoms. The smallest absolute Gasteiger partial charge is 0.410 e. The Balaban J connectivity index is 1.79. The van der Waals surface area contributed by atoms with Crippen molar-refractivity contribution in [2.45, 2.75) is 63.8 Å². The van der Waals surface area contributed by atoms with Crippen LogP contribution < -0.4 is 0 Å². The van der Waals surface area contributed by atoms with Gasteiger partial charge in [0.05, 0.1) is 5.60 Å². The fourth-order valence-corrected chi connectivity index (χ4v) is 3.07. The van der Waals surface area contributed by atoms with Crippen LogP contribution in [-0.2, 0) is 4.74 Å². The Hall–Kier alpha value is -0.880. The summed E-state index contributed by atoms with van der Waals surface area (Å²) in [6, 6.07) is 0. The predicted molar refractivity (Wildman–Crippen MR) is 82.6 cm³/mol. The van der Waals surface area contributed by atoms with Crippen LogP contribution in [0.1, 0.15) is 46.5 Å². The van der Waals surface area contributed by atoms with Crippen LogP contribution in [0.2, 0.25) is 0 Å². The Kier molecular flexibility index (Phi) is 5.33. The van der Waals surface area contributed by atoms with Crippen molar-refractivity contribution in [1.82, 2.24) is 9.80 Å². The van der Waals surface area contributed by atoms with Gasteiger partial charge < -0.3 is 19.6 Å². The second kappa shape index (κ2) is 6.71. The zero-order chi connectivity index (χ0) is 16.4. The van der Waals surface area contributed by atoms with Gasteiger partial charge in [-0.3, -0.25) is 0 Å². The van der Waals surface area contributed by atoms with E-state index in [4.69, 9.17) is 4.74 Å². The largest absolute Gasteiger partial charge is 0.444 e. The van der Waals surface area contributed by atoms with Crippen molar-refractivity contribution < 1.29 is 19.0 Å². The van der Waals surface area contributed by atoms with Crippen LogP contribution in [0.25, 0.3) is 0 Å². The molecule has 0 aliphatic carbocycles. The number of halogens is 1. The maximum absolute atomic E-state index is 13.2. The molecule has 5 nitrogen and oxygen atoms in total. The van der Waals surface area contributed by atoms with Crippen LogP contribution in [-0.4, -0.2) is 71.1 Å². The molecule has 0 radical (unpaired) electrons. The molecule has 0 unspecified atom stereocenters. The lowest BCUT2D eigenvalue weighted by molar-refractivity contribution is -0.0549. The number of carbonyl (C=O) groups excluding carboxylic acids is 1. The number of aliphatic hydroxyl groups is 1. The first-order valence-corrected chi connectivity index (χ1v) is 8.24. The van der Waals surface area contributed by atoms with Crippen molar-refractivity contribution in [3.63, 3.8) is 0 Å². The van der Waals surface area contributed by atoms with Gasteiger partial charge in [-0.1, -0.05) is 0 Å². The quantitative estimate of drug-likeness (QED) is 0.848. The highest BCUT2D eigenvalue weighted by Crippen LogP contribution is 2.26. The zero-order valence-electron chi connectivity index (χ0n) is 14.0. The van der Waals surface area contributed by atoms with Gasteiger partial charge in [0.15, 0.2) is 0 Å². The molecule has 0 atom stereocenters. The summed E-state index contributed by atoms with van der Waals surface area (Å²) >= 11 is 0. The lowest BCUT2D eigenvalue weighted by atomic mass is 9.90. The highest BCUT2D eigenvalue weighted by Gasteiger charge is 2.37. The monoisotopic (exact) mass is 316 g/mol. The molecule has 1 amide bonds. The third-order valence-corrected chi connectivity index (χ3v) is 4.38. The summed E-state index contributed by atoms with van der Waals surface area (Å²) in [7, 11) is 0. The van der Waals surface area contributed by atoms with Crippen molar-refractivity contribution in [2.24, 2.45) is 0 Å². The number of amides is 1. The number of ether oxygens (including phenoxy) is 1. The minimum atomic E-state index is -0.776. The number of rotatable bonds is 2. The van der Waals surface area contributed by atoms with E-state index in [1.54, 1.807) is 4.90 Å². The molecule has 0 aromatic rings. The summed E-state index contributed by atoms with van der Waals surface area (Å²) in [5, 5.41) is 10.7. The molecular formula is C16H29FN2O3. The van der Waals surface area contributed by atoms with E-state index in [-0.39, 0.29) is 6.09 Å². The molecule has 2 aliphatic heterocycles. The lowest BCUT2D eigenvalue weighted by Crippen LogP contribution is -2.53. The van der Waals surface area contributed by atoms with E-state index >= 15 is 0 Å². The van der Waals surface area contributed by atoms with E-state index in [0.29, 0.717) is 58.4 Å². The Labute approximate surface area is 132 Å². The van der Waals surface area contributed by atoms with Crippen LogP contribution in [0.15, 0.2) is 0 Å². The average molecular weight is 316 g/mol. The van der Waals surface area contributed by atoms with Crippen LogP contribution in [0.5, 0.6) is 0 Å². The molecule has 2 heterocycles. The van der Waals surface area contributed by atoms with Gasteiger partial charge in [0.1, 0.15) is 11.8 Å². The standard InChI is InChI=1S/C16H29FN2O3/c1-15(2,3)22-14(20)19-10-6-16(21,7-11-19)12-18-8-4-13(17)5-9-18/h13,21H,4-12H2,1-3H3. The fraction of sp³-hybridized carbons (Fsp3) is 0.938. The van der Waals surface area contributed by atoms with E-state index < -0.39 is 17.4 Å². The first-order chi connectivity index (χ1) is 10.2. The first kappa shape index (κ1) is 17.5. The Morgan fingerprint density at radius 1 is 1.23 bits per heavy atom. The number of carbonyl (C=O) groups is 1. The SMILES string of the molecule is CC(C)(C)OC(=O)N1CCC(O)(CN2CCC(F)CC2)CC1. The molecule has 6 heteroatoms. The molecule has 0 bridgehead atoms. The summed E-state index contributed by atoms with van der Waals surface area (Å²) < 4.78 is 18.5. The van der Waals surface area contributed by atoms with Crippen molar-refractivity contribution in [3.05, 3.63) is 0 Å². The molecular weight excluding hydrogens is 287 g/mol. The minimum Gasteiger partial charge on any atom is -0.444 e. The van der Waals surface area contributed by atoms with E-state index in [1.165, 1.54) is 0 Å². The molecule has 0 aromatic carbocycles. The molecule has 0 saturated carbocycles. The average Bonchev–Trinajstić information content (AvgIpc) is 2.40. The van der Waals surface area contributed by atoms with Gasteiger partial charge in [-0.25, -0.2) is 9.18 Å². The van der Waals surface area contributed by atoms with E-state index in [0.717, 1.165) is 0 Å². The Morgan fingerprint density at radius 3 is 2.27 bits per heavy atom. The van der Waals surface area contributed by atoms with Crippen molar-refractivity contribution in [1.29, 1.82) is 0 Å². The first-order valence-electron chi connectivity index (χ1n) is 8.24. The van der Waals surface area contributed by atoms with Crippen LogP contribution in [0, 0.1) is 0 Å². The summed E-state index contributed by atoms with van der Waals surface area (Å²) in [5.41, 5.74) is -1.27. The maximum atomic E-state index is 13.2. The highest BCUT2D eigenvalue weighted by molar-refractivity contribution is 5.68. The molecule has 2 aliphatic rings. The van der Waals surface area contributed by atoms with Crippen molar-refractivity contribution >= 4 is 6.09 Å². The van der Waals surface area contributed by atoms with Gasteiger partial charge >= 0.3 is 6.09 Å². The van der Waals surface area contributed by atoms with Gasteiger partial charge in [-0.05, 0) is 46.5 Å². The fourth-order valence-electron chi connectivity index (χ4n) is 3.07. The van der Waals surface area contributed by atoms with Crippen LogP contribution >= 0.6 is 0 Å². The number of β-amino-alcohol motifs (C(OH)–C–C–N with tert-alkyl or cyclic N) is 1. The third-order valence-electron chi connectivity index (χ3n) is 4.38. The minimum absolute atomic E-state index is 0.312. The highest BCUT2D eigenvalue weighted by atomic mass is 19.1. The molecule has 0 aromatic heterocycles. The number of piperidine rings is 2. The van der Waals surface area contributed by atoms with Gasteiger partial charge in [-0.2, -0.15) is 0 Å². The molecule has 2 fully saturated rings. The third kappa shape index (κ3) is 5.09. The van der Waals surface area contributed by atoms with Gasteiger partial charge in [0.2, 0.25) is 0 Å². The summed E-state index contributed by atoms with van der Waals surface area (Å²) in [6.45, 7) is 8.54. The van der Waals surface area contributed by atoms with Crippen molar-refractivity contribution in [2.75, 3.05) is 32.7 Å². The summed E-state index contributed by atoms with van der Waals surface area (Å²) in [5.74, 6) is 0. The predicted octanol–water partition coefficient (Wildman–Crippen LogP) is 2.18. The second-order valence-electron chi connectivity index (χ2n) is 7.64. The molecule has 128 valence electrons. The maximum Gasteiger partial charge on any atom is 0.410 e. The Morgan fingerprint density at radius 2 is 1.77 bits per heavy atom. The van der Waals surface area contributed by atoms with Crippen LogP contribution in [0.4, 0.5) is 9.18 Å². The number of hydrogen-bond acceptors (Lipinski definition) is 4. The molecule has 22 heavy (non-hydrogen) atoms. The van der Waals surface area contributed by atoms with Gasteiger partial charge in [-0.15, -0.1) is 0 Å². The van der Waals surface area contributed by atoms with E-state index in [1.807, 2.05) is 20.8 Å². The summed E-state index contributed by atoms with van der Waals surface area (Å²) in [6.07, 6.45) is 1.19. The topological polar surface area (TPSA) is 53.0 Å². The summed E-state index contributed by atoms with van der Waals surface area (Å²) in [4.78, 5) is 15.8. The van der Waals surface area contributed by atoms with Gasteiger partial charge in [0.25, 0.3) is 0 Å². The molecule has 2 saturated heterocycles. The zero-order valence-corrected chi connectivity index (χ0v) is 14.0. The second-order valence-corrected chi connectivity index (χ2v) is 7.64. The number of alkyl halides is 1. The Bertz CT molecular complexity index is 381.